The van der Waals surface area contributed by atoms with Crippen LogP contribution in [0.15, 0.2) is 36.4 Å². The first kappa shape index (κ1) is 20.2. The van der Waals surface area contributed by atoms with E-state index in [0.717, 1.165) is 11.4 Å². The highest BCUT2D eigenvalue weighted by Crippen LogP contribution is 2.29. The minimum atomic E-state index is -0.967. The minimum Gasteiger partial charge on any atom is -0.481 e. The SMILES string of the molecule is CC(C)(O)c1ccc(C(=O)Nc2nc3ccc(N4CCC(C(=O)O)C4)nc3s2)cc1. The summed E-state index contributed by atoms with van der Waals surface area (Å²) in [6.45, 7) is 4.47. The van der Waals surface area contributed by atoms with Gasteiger partial charge in [-0.1, -0.05) is 23.5 Å². The Bertz CT molecular complexity index is 1100. The average Bonchev–Trinajstić information content (AvgIpc) is 3.33. The first-order valence-electron chi connectivity index (χ1n) is 9.60. The summed E-state index contributed by atoms with van der Waals surface area (Å²) in [5.41, 5.74) is 0.895. The molecular weight excluding hydrogens is 404 g/mol. The van der Waals surface area contributed by atoms with Gasteiger partial charge >= 0.3 is 5.97 Å². The average molecular weight is 426 g/mol. The number of carboxylic acid groups (broad SMARTS) is 1. The number of aliphatic carboxylic acids is 1. The number of pyridine rings is 1. The Morgan fingerprint density at radius 1 is 1.17 bits per heavy atom. The number of nitrogens with zero attached hydrogens (tertiary/aromatic N) is 3. The highest BCUT2D eigenvalue weighted by atomic mass is 32.1. The van der Waals surface area contributed by atoms with Gasteiger partial charge in [0.2, 0.25) is 0 Å². The molecule has 8 nitrogen and oxygen atoms in total. The van der Waals surface area contributed by atoms with Crippen LogP contribution in [0.4, 0.5) is 10.9 Å². The molecule has 3 heterocycles. The zero-order valence-corrected chi connectivity index (χ0v) is 17.4. The minimum absolute atomic E-state index is 0.291. The summed E-state index contributed by atoms with van der Waals surface area (Å²) >= 11 is 1.27. The van der Waals surface area contributed by atoms with Gasteiger partial charge in [-0.25, -0.2) is 9.97 Å². The summed E-state index contributed by atoms with van der Waals surface area (Å²) < 4.78 is 0. The van der Waals surface area contributed by atoms with Gasteiger partial charge in [0.1, 0.15) is 16.2 Å². The molecule has 1 aliphatic heterocycles. The predicted octanol–water partition coefficient (Wildman–Crippen LogP) is 3.08. The van der Waals surface area contributed by atoms with E-state index in [9.17, 15) is 19.8 Å². The zero-order chi connectivity index (χ0) is 21.5. The van der Waals surface area contributed by atoms with Crippen LogP contribution in [-0.4, -0.2) is 45.1 Å². The molecule has 0 aliphatic carbocycles. The van der Waals surface area contributed by atoms with Gasteiger partial charge in [-0.2, -0.15) is 0 Å². The largest absolute Gasteiger partial charge is 0.481 e. The first-order chi connectivity index (χ1) is 14.2. The van der Waals surface area contributed by atoms with Crippen LogP contribution in [0, 0.1) is 5.92 Å². The van der Waals surface area contributed by atoms with Crippen molar-refractivity contribution in [2.75, 3.05) is 23.3 Å². The normalized spacial score (nSPS) is 16.8. The third-order valence-corrected chi connectivity index (χ3v) is 6.06. The van der Waals surface area contributed by atoms with Crippen LogP contribution >= 0.6 is 11.3 Å². The topological polar surface area (TPSA) is 116 Å². The summed E-state index contributed by atoms with van der Waals surface area (Å²) in [6.07, 6.45) is 0.602. The number of hydrogen-bond acceptors (Lipinski definition) is 7. The van der Waals surface area contributed by atoms with Gasteiger partial charge in [0, 0.05) is 18.7 Å². The third-order valence-electron chi connectivity index (χ3n) is 5.18. The number of thiazole rings is 1. The Hall–Kier alpha value is -3.04. The van der Waals surface area contributed by atoms with E-state index in [1.54, 1.807) is 38.1 Å². The number of carboxylic acids is 1. The number of amides is 1. The summed E-state index contributed by atoms with van der Waals surface area (Å²) in [6, 6.07) is 10.4. The van der Waals surface area contributed by atoms with E-state index in [1.807, 2.05) is 17.0 Å². The lowest BCUT2D eigenvalue weighted by Gasteiger charge is -2.17. The highest BCUT2D eigenvalue weighted by Gasteiger charge is 2.29. The van der Waals surface area contributed by atoms with Crippen molar-refractivity contribution in [3.8, 4) is 0 Å². The fourth-order valence-corrected chi connectivity index (χ4v) is 4.23. The maximum Gasteiger partial charge on any atom is 0.308 e. The number of carbonyl (C=O) groups is 2. The maximum atomic E-state index is 12.5. The Balaban J connectivity index is 1.49. The molecule has 1 aromatic carbocycles. The van der Waals surface area contributed by atoms with Gasteiger partial charge in [0.05, 0.1) is 11.5 Å². The Morgan fingerprint density at radius 2 is 1.90 bits per heavy atom. The molecule has 30 heavy (non-hydrogen) atoms. The first-order valence-corrected chi connectivity index (χ1v) is 10.4. The van der Waals surface area contributed by atoms with Gasteiger partial charge in [-0.05, 0) is 50.1 Å². The van der Waals surface area contributed by atoms with Crippen molar-refractivity contribution in [1.29, 1.82) is 0 Å². The maximum absolute atomic E-state index is 12.5. The number of aromatic nitrogens is 2. The molecule has 9 heteroatoms. The molecule has 1 fully saturated rings. The Labute approximate surface area is 177 Å². The lowest BCUT2D eigenvalue weighted by molar-refractivity contribution is -0.140. The van der Waals surface area contributed by atoms with Crippen molar-refractivity contribution in [3.63, 3.8) is 0 Å². The number of fused-ring (bicyclic) bond motifs is 1. The van der Waals surface area contributed by atoms with E-state index < -0.39 is 11.6 Å². The van der Waals surface area contributed by atoms with Crippen molar-refractivity contribution >= 4 is 44.5 Å². The van der Waals surface area contributed by atoms with Gasteiger partial charge in [-0.15, -0.1) is 0 Å². The van der Waals surface area contributed by atoms with Crippen LogP contribution in [0.5, 0.6) is 0 Å². The van der Waals surface area contributed by atoms with Gasteiger partial charge in [0.25, 0.3) is 5.91 Å². The second-order valence-electron chi connectivity index (χ2n) is 7.87. The van der Waals surface area contributed by atoms with Crippen LogP contribution in [0.2, 0.25) is 0 Å². The Morgan fingerprint density at radius 3 is 2.53 bits per heavy atom. The number of rotatable bonds is 5. The molecule has 3 N–H and O–H groups in total. The smallest absolute Gasteiger partial charge is 0.308 e. The van der Waals surface area contributed by atoms with Crippen LogP contribution in [0.25, 0.3) is 10.3 Å². The number of hydrogen-bond donors (Lipinski definition) is 3. The number of nitrogens with one attached hydrogen (secondary N) is 1. The molecule has 0 saturated carbocycles. The van der Waals surface area contributed by atoms with Crippen LogP contribution in [0.3, 0.4) is 0 Å². The Kier molecular flexibility index (Phi) is 5.17. The van der Waals surface area contributed by atoms with Crippen molar-refractivity contribution < 1.29 is 19.8 Å². The van der Waals surface area contributed by atoms with Crippen molar-refractivity contribution in [2.24, 2.45) is 5.92 Å². The molecular formula is C21H22N4O4S. The lowest BCUT2D eigenvalue weighted by atomic mass is 9.97. The molecule has 156 valence electrons. The zero-order valence-electron chi connectivity index (χ0n) is 16.6. The molecule has 1 unspecified atom stereocenters. The number of carbonyl (C=O) groups excluding carboxylic acids is 1. The number of anilines is 2. The van der Waals surface area contributed by atoms with Gasteiger partial charge in [0.15, 0.2) is 5.13 Å². The molecule has 0 spiro atoms. The molecule has 1 amide bonds. The number of benzene rings is 1. The van der Waals surface area contributed by atoms with Crippen LogP contribution in [0.1, 0.15) is 36.2 Å². The lowest BCUT2D eigenvalue weighted by Crippen LogP contribution is -2.23. The predicted molar refractivity (Wildman–Crippen MR) is 115 cm³/mol. The molecule has 1 aliphatic rings. The molecule has 0 radical (unpaired) electrons. The van der Waals surface area contributed by atoms with Gasteiger partial charge < -0.3 is 15.1 Å². The van der Waals surface area contributed by atoms with Crippen LogP contribution < -0.4 is 10.2 Å². The second kappa shape index (κ2) is 7.66. The van der Waals surface area contributed by atoms with Crippen molar-refractivity contribution in [1.82, 2.24) is 9.97 Å². The summed E-state index contributed by atoms with van der Waals surface area (Å²) in [4.78, 5) is 35.4. The van der Waals surface area contributed by atoms with E-state index >= 15 is 0 Å². The molecule has 0 bridgehead atoms. The van der Waals surface area contributed by atoms with Crippen molar-refractivity contribution in [3.05, 3.63) is 47.5 Å². The quantitative estimate of drug-likeness (QED) is 0.574. The fourth-order valence-electron chi connectivity index (χ4n) is 3.41. The summed E-state index contributed by atoms with van der Waals surface area (Å²) in [7, 11) is 0. The third kappa shape index (κ3) is 4.12. The van der Waals surface area contributed by atoms with Crippen molar-refractivity contribution in [2.45, 2.75) is 25.9 Å². The second-order valence-corrected chi connectivity index (χ2v) is 8.85. The van der Waals surface area contributed by atoms with Gasteiger partial charge in [-0.3, -0.25) is 14.9 Å². The summed E-state index contributed by atoms with van der Waals surface area (Å²) in [5, 5.41) is 22.4. The molecule has 2 aromatic heterocycles. The van der Waals surface area contributed by atoms with E-state index in [-0.39, 0.29) is 11.8 Å². The van der Waals surface area contributed by atoms with E-state index in [2.05, 4.69) is 15.3 Å². The molecule has 1 saturated heterocycles. The number of aliphatic hydroxyl groups is 1. The van der Waals surface area contributed by atoms with Crippen LogP contribution in [-0.2, 0) is 10.4 Å². The molecule has 3 aromatic rings. The highest BCUT2D eigenvalue weighted by molar-refractivity contribution is 7.22. The molecule has 4 rings (SSSR count). The monoisotopic (exact) mass is 426 g/mol. The summed E-state index contributed by atoms with van der Waals surface area (Å²) in [5.74, 6) is -0.728. The van der Waals surface area contributed by atoms with E-state index in [1.165, 1.54) is 11.3 Å². The molecule has 1 atom stereocenters. The fraction of sp³-hybridized carbons (Fsp3) is 0.333. The van der Waals surface area contributed by atoms with E-state index in [0.29, 0.717) is 40.6 Å². The standard InChI is InChI=1S/C21H22N4O4S/c1-21(2,29)14-5-3-12(4-6-14)17(26)24-20-22-15-7-8-16(23-18(15)30-20)25-10-9-13(11-25)19(27)28/h3-8,13,29H,9-11H2,1-2H3,(H,27,28)(H,22,24,26). The van der Waals surface area contributed by atoms with E-state index in [4.69, 9.17) is 0 Å².